The Bertz CT molecular complexity index is 366. The van der Waals surface area contributed by atoms with Crippen molar-refractivity contribution < 1.29 is 14.3 Å². The summed E-state index contributed by atoms with van der Waals surface area (Å²) in [6.45, 7) is 0.858. The van der Waals surface area contributed by atoms with Gasteiger partial charge in [-0.15, -0.1) is 0 Å². The van der Waals surface area contributed by atoms with Crippen LogP contribution >= 0.6 is 0 Å². The number of carbonyl (C=O) groups excluding carboxylic acids is 1. The van der Waals surface area contributed by atoms with Crippen LogP contribution in [-0.4, -0.2) is 40.1 Å². The van der Waals surface area contributed by atoms with Crippen LogP contribution in [0.3, 0.4) is 0 Å². The van der Waals surface area contributed by atoms with Gasteiger partial charge in [-0.05, 0) is 18.6 Å². The van der Waals surface area contributed by atoms with Crippen molar-refractivity contribution in [2.24, 2.45) is 0 Å². The van der Waals surface area contributed by atoms with Gasteiger partial charge in [0.15, 0.2) is 0 Å². The van der Waals surface area contributed by atoms with Gasteiger partial charge in [0.05, 0.1) is 12.3 Å². The maximum absolute atomic E-state index is 12.6. The van der Waals surface area contributed by atoms with E-state index in [0.29, 0.717) is 19.5 Å². The number of rotatable bonds is 1. The van der Waals surface area contributed by atoms with Gasteiger partial charge in [0.1, 0.15) is 11.5 Å². The predicted molar refractivity (Wildman–Crippen MR) is 50.7 cm³/mol. The quantitative estimate of drug-likeness (QED) is 0.731. The van der Waals surface area contributed by atoms with E-state index >= 15 is 0 Å². The largest absolute Gasteiger partial charge is 0.391 e. The van der Waals surface area contributed by atoms with Crippen LogP contribution in [-0.2, 0) is 0 Å². The first-order chi connectivity index (χ1) is 7.16. The molecule has 15 heavy (non-hydrogen) atoms. The highest BCUT2D eigenvalue weighted by Gasteiger charge is 2.25. The summed E-state index contributed by atoms with van der Waals surface area (Å²) in [6, 6.07) is 2.55. The summed E-state index contributed by atoms with van der Waals surface area (Å²) in [7, 11) is 0. The van der Waals surface area contributed by atoms with Gasteiger partial charge in [-0.2, -0.15) is 0 Å². The Hall–Kier alpha value is -1.49. The molecule has 1 aliphatic heterocycles. The van der Waals surface area contributed by atoms with Gasteiger partial charge in [-0.25, -0.2) is 9.37 Å². The number of aliphatic hydroxyl groups is 1. The van der Waals surface area contributed by atoms with E-state index in [2.05, 4.69) is 4.98 Å². The van der Waals surface area contributed by atoms with Crippen molar-refractivity contribution in [3.05, 3.63) is 29.8 Å². The van der Waals surface area contributed by atoms with Crippen molar-refractivity contribution in [1.29, 1.82) is 0 Å². The molecule has 1 aromatic heterocycles. The third-order valence-electron chi connectivity index (χ3n) is 2.40. The number of pyridine rings is 1. The fraction of sp³-hybridized carbons (Fsp3) is 0.400. The minimum atomic E-state index is -0.465. The fourth-order valence-electron chi connectivity index (χ4n) is 1.59. The molecule has 0 radical (unpaired) electrons. The topological polar surface area (TPSA) is 53.4 Å². The second-order valence-corrected chi connectivity index (χ2v) is 3.56. The maximum atomic E-state index is 12.6. The van der Waals surface area contributed by atoms with E-state index in [1.165, 1.54) is 17.0 Å². The van der Waals surface area contributed by atoms with Crippen molar-refractivity contribution in [3.8, 4) is 0 Å². The standard InChI is InChI=1S/C10H11FN2O2/c11-7-1-2-9(12-5-7)10(15)13-4-3-8(14)6-13/h1-2,5,8,14H,3-4,6H2. The zero-order valence-electron chi connectivity index (χ0n) is 8.06. The minimum absolute atomic E-state index is 0.213. The second-order valence-electron chi connectivity index (χ2n) is 3.56. The van der Waals surface area contributed by atoms with E-state index in [0.717, 1.165) is 6.20 Å². The predicted octanol–water partition coefficient (Wildman–Crippen LogP) is 0.428. The van der Waals surface area contributed by atoms with Gasteiger partial charge in [0.2, 0.25) is 0 Å². The summed E-state index contributed by atoms with van der Waals surface area (Å²) in [5, 5.41) is 9.27. The molecule has 1 saturated heterocycles. The lowest BCUT2D eigenvalue weighted by Crippen LogP contribution is -2.30. The van der Waals surface area contributed by atoms with Crippen molar-refractivity contribution in [2.75, 3.05) is 13.1 Å². The van der Waals surface area contributed by atoms with Crippen LogP contribution in [0.25, 0.3) is 0 Å². The number of aliphatic hydroxyl groups excluding tert-OH is 1. The molecule has 1 atom stereocenters. The molecule has 2 heterocycles. The Morgan fingerprint density at radius 3 is 2.93 bits per heavy atom. The molecule has 1 amide bonds. The summed E-state index contributed by atoms with van der Waals surface area (Å²) in [4.78, 5) is 17.0. The molecular weight excluding hydrogens is 199 g/mol. The normalized spacial score (nSPS) is 20.7. The molecule has 1 N–H and O–H groups in total. The third kappa shape index (κ3) is 2.12. The van der Waals surface area contributed by atoms with E-state index in [1.807, 2.05) is 0 Å². The summed E-state index contributed by atoms with van der Waals surface area (Å²) in [5.41, 5.74) is 0.213. The number of hydrogen-bond donors (Lipinski definition) is 1. The molecule has 80 valence electrons. The summed E-state index contributed by atoms with van der Waals surface area (Å²) >= 11 is 0. The molecule has 0 aliphatic carbocycles. The Morgan fingerprint density at radius 2 is 2.40 bits per heavy atom. The first-order valence-corrected chi connectivity index (χ1v) is 4.76. The van der Waals surface area contributed by atoms with Gasteiger partial charge in [0, 0.05) is 13.1 Å². The lowest BCUT2D eigenvalue weighted by atomic mass is 10.3. The average molecular weight is 210 g/mol. The molecule has 1 fully saturated rings. The molecular formula is C10H11FN2O2. The Kier molecular flexibility index (Phi) is 2.64. The molecule has 1 aliphatic rings. The minimum Gasteiger partial charge on any atom is -0.391 e. The van der Waals surface area contributed by atoms with Crippen LogP contribution in [0.5, 0.6) is 0 Å². The molecule has 0 aromatic carbocycles. The van der Waals surface area contributed by atoms with Gasteiger partial charge >= 0.3 is 0 Å². The average Bonchev–Trinajstić information content (AvgIpc) is 2.65. The molecule has 0 saturated carbocycles. The van der Waals surface area contributed by atoms with Crippen LogP contribution in [0.2, 0.25) is 0 Å². The summed E-state index contributed by atoms with van der Waals surface area (Å²) in [5.74, 6) is -0.723. The van der Waals surface area contributed by atoms with E-state index in [-0.39, 0.29) is 11.6 Å². The fourth-order valence-corrected chi connectivity index (χ4v) is 1.59. The molecule has 0 bridgehead atoms. The number of carbonyl (C=O) groups is 1. The first-order valence-electron chi connectivity index (χ1n) is 4.76. The number of likely N-dealkylation sites (tertiary alicyclic amines) is 1. The second kappa shape index (κ2) is 3.94. The summed E-state index contributed by atoms with van der Waals surface area (Å²) < 4.78 is 12.6. The zero-order chi connectivity index (χ0) is 10.8. The molecule has 1 unspecified atom stereocenters. The van der Waals surface area contributed by atoms with Gasteiger partial charge in [0.25, 0.3) is 5.91 Å². The van der Waals surface area contributed by atoms with Crippen molar-refractivity contribution in [2.45, 2.75) is 12.5 Å². The lowest BCUT2D eigenvalue weighted by molar-refractivity contribution is 0.0759. The highest BCUT2D eigenvalue weighted by Crippen LogP contribution is 2.12. The number of hydrogen-bond acceptors (Lipinski definition) is 3. The number of aromatic nitrogens is 1. The molecule has 4 nitrogen and oxygen atoms in total. The highest BCUT2D eigenvalue weighted by atomic mass is 19.1. The molecule has 1 aromatic rings. The van der Waals surface area contributed by atoms with E-state index < -0.39 is 11.9 Å². The lowest BCUT2D eigenvalue weighted by Gasteiger charge is -2.14. The molecule has 2 rings (SSSR count). The van der Waals surface area contributed by atoms with E-state index in [9.17, 15) is 14.3 Å². The Morgan fingerprint density at radius 1 is 1.60 bits per heavy atom. The number of halogens is 1. The van der Waals surface area contributed by atoms with Crippen LogP contribution in [0.4, 0.5) is 4.39 Å². The number of nitrogens with zero attached hydrogens (tertiary/aromatic N) is 2. The van der Waals surface area contributed by atoms with Crippen LogP contribution in [0, 0.1) is 5.82 Å². The number of β-amino-alcohol motifs (C(OH)–C–C–N with tert-alkyl or cyclic N) is 1. The third-order valence-corrected chi connectivity index (χ3v) is 2.40. The Labute approximate surface area is 86.4 Å². The van der Waals surface area contributed by atoms with Crippen LogP contribution in [0.15, 0.2) is 18.3 Å². The maximum Gasteiger partial charge on any atom is 0.272 e. The van der Waals surface area contributed by atoms with Crippen LogP contribution in [0.1, 0.15) is 16.9 Å². The monoisotopic (exact) mass is 210 g/mol. The van der Waals surface area contributed by atoms with Crippen molar-refractivity contribution >= 4 is 5.91 Å². The van der Waals surface area contributed by atoms with Gasteiger partial charge < -0.3 is 10.0 Å². The smallest absolute Gasteiger partial charge is 0.272 e. The SMILES string of the molecule is O=C(c1ccc(F)cn1)N1CCC(O)C1. The van der Waals surface area contributed by atoms with Crippen molar-refractivity contribution in [3.63, 3.8) is 0 Å². The van der Waals surface area contributed by atoms with Gasteiger partial charge in [-0.1, -0.05) is 0 Å². The van der Waals surface area contributed by atoms with Crippen LogP contribution < -0.4 is 0 Å². The van der Waals surface area contributed by atoms with E-state index in [4.69, 9.17) is 0 Å². The van der Waals surface area contributed by atoms with Crippen molar-refractivity contribution in [1.82, 2.24) is 9.88 Å². The highest BCUT2D eigenvalue weighted by molar-refractivity contribution is 5.92. The first kappa shape index (κ1) is 10.0. The number of amides is 1. The van der Waals surface area contributed by atoms with Gasteiger partial charge in [-0.3, -0.25) is 4.79 Å². The Balaban J connectivity index is 2.11. The molecule has 0 spiro atoms. The van der Waals surface area contributed by atoms with E-state index in [1.54, 1.807) is 0 Å². The molecule has 5 heteroatoms. The summed E-state index contributed by atoms with van der Waals surface area (Å²) in [6.07, 6.45) is 1.15. The zero-order valence-corrected chi connectivity index (χ0v) is 8.06.